The smallest absolute Gasteiger partial charge is 0.309 e. The SMILES string of the molecule is CCc1cc(C)cc(CC)c1NC(=O)CN1C[C@H](c2ccc3c(c2C)OCCO3)C(C(=O)O)[C@@H]1c1ccc(N2CCCC2=O)cc1. The van der Waals surface area contributed by atoms with Gasteiger partial charge in [0.1, 0.15) is 13.2 Å². The summed E-state index contributed by atoms with van der Waals surface area (Å²) in [5, 5.41) is 14.0. The third-order valence-electron chi connectivity index (χ3n) is 9.72. The van der Waals surface area contributed by atoms with Crippen LogP contribution in [-0.4, -0.2) is 60.6 Å². The van der Waals surface area contributed by atoms with Crippen LogP contribution in [0.1, 0.15) is 72.0 Å². The highest BCUT2D eigenvalue weighted by atomic mass is 16.6. The third kappa shape index (κ3) is 5.96. The number of carbonyl (C=O) groups excluding carboxylic acids is 2. The van der Waals surface area contributed by atoms with Gasteiger partial charge < -0.3 is 24.8 Å². The van der Waals surface area contributed by atoms with Crippen LogP contribution in [0.2, 0.25) is 0 Å². The van der Waals surface area contributed by atoms with Gasteiger partial charge in [-0.1, -0.05) is 49.7 Å². The van der Waals surface area contributed by atoms with Gasteiger partial charge in [0.25, 0.3) is 0 Å². The van der Waals surface area contributed by atoms with E-state index in [2.05, 4.69) is 38.2 Å². The molecule has 3 heterocycles. The fourth-order valence-corrected chi connectivity index (χ4v) is 7.58. The molecule has 0 radical (unpaired) electrons. The van der Waals surface area contributed by atoms with Gasteiger partial charge in [-0.3, -0.25) is 19.3 Å². The van der Waals surface area contributed by atoms with E-state index < -0.39 is 23.8 Å². The average Bonchev–Trinajstić information content (AvgIpc) is 3.65. The summed E-state index contributed by atoms with van der Waals surface area (Å²) in [5.41, 5.74) is 7.53. The van der Waals surface area contributed by atoms with Crippen LogP contribution < -0.4 is 19.7 Å². The van der Waals surface area contributed by atoms with E-state index >= 15 is 0 Å². The molecule has 2 N–H and O–H groups in total. The Hall–Kier alpha value is -4.37. The van der Waals surface area contributed by atoms with Crippen molar-refractivity contribution >= 4 is 29.2 Å². The van der Waals surface area contributed by atoms with Gasteiger partial charge in [-0.2, -0.15) is 0 Å². The first kappa shape index (κ1) is 31.6. The lowest BCUT2D eigenvalue weighted by atomic mass is 9.81. The van der Waals surface area contributed by atoms with E-state index in [0.717, 1.165) is 64.0 Å². The van der Waals surface area contributed by atoms with Crippen molar-refractivity contribution in [3.05, 3.63) is 81.9 Å². The molecule has 9 heteroatoms. The summed E-state index contributed by atoms with van der Waals surface area (Å²) in [4.78, 5) is 43.2. The molecule has 2 fully saturated rings. The Morgan fingerprint density at radius 1 is 0.978 bits per heavy atom. The molecule has 3 atom stereocenters. The van der Waals surface area contributed by atoms with Gasteiger partial charge in [0.15, 0.2) is 11.5 Å². The molecule has 3 aliphatic rings. The van der Waals surface area contributed by atoms with Gasteiger partial charge in [-0.25, -0.2) is 0 Å². The number of nitrogens with zero attached hydrogens (tertiary/aromatic N) is 2. The second-order valence-corrected chi connectivity index (χ2v) is 12.6. The molecule has 0 aromatic heterocycles. The van der Waals surface area contributed by atoms with Crippen molar-refractivity contribution in [2.45, 2.75) is 65.3 Å². The van der Waals surface area contributed by atoms with Crippen LogP contribution in [-0.2, 0) is 27.2 Å². The maximum Gasteiger partial charge on any atom is 0.309 e. The lowest BCUT2D eigenvalue weighted by Gasteiger charge is -2.28. The average molecular weight is 626 g/mol. The molecule has 3 aromatic rings. The quantitative estimate of drug-likeness (QED) is 0.309. The lowest BCUT2D eigenvalue weighted by molar-refractivity contribution is -0.143. The predicted molar refractivity (Wildman–Crippen MR) is 177 cm³/mol. The number of hydrogen-bond donors (Lipinski definition) is 2. The van der Waals surface area contributed by atoms with Gasteiger partial charge in [0, 0.05) is 42.8 Å². The Balaban J connectivity index is 1.36. The summed E-state index contributed by atoms with van der Waals surface area (Å²) in [6, 6.07) is 15.1. The van der Waals surface area contributed by atoms with Crippen molar-refractivity contribution < 1.29 is 29.0 Å². The summed E-state index contributed by atoms with van der Waals surface area (Å²) < 4.78 is 11.8. The van der Waals surface area contributed by atoms with Crippen LogP contribution in [0, 0.1) is 19.8 Å². The van der Waals surface area contributed by atoms with Gasteiger partial charge in [0.05, 0.1) is 12.5 Å². The Labute approximate surface area is 270 Å². The Morgan fingerprint density at radius 2 is 1.67 bits per heavy atom. The number of ether oxygens (including phenoxy) is 2. The Kier molecular flexibility index (Phi) is 9.04. The predicted octanol–water partition coefficient (Wildman–Crippen LogP) is 5.81. The summed E-state index contributed by atoms with van der Waals surface area (Å²) in [7, 11) is 0. The molecular weight excluding hydrogens is 582 g/mol. The number of aliphatic carboxylic acids is 1. The number of benzene rings is 3. The molecule has 2 saturated heterocycles. The molecule has 0 spiro atoms. The van der Waals surface area contributed by atoms with Crippen molar-refractivity contribution in [2.75, 3.05) is 43.1 Å². The van der Waals surface area contributed by atoms with Gasteiger partial charge in [-0.15, -0.1) is 0 Å². The molecule has 2 amide bonds. The first-order valence-corrected chi connectivity index (χ1v) is 16.4. The van der Waals surface area contributed by atoms with E-state index in [0.29, 0.717) is 44.2 Å². The Bertz CT molecular complexity index is 1630. The first-order valence-electron chi connectivity index (χ1n) is 16.4. The second kappa shape index (κ2) is 13.2. The zero-order chi connectivity index (χ0) is 32.5. The van der Waals surface area contributed by atoms with Crippen LogP contribution in [0.4, 0.5) is 11.4 Å². The van der Waals surface area contributed by atoms with Gasteiger partial charge in [-0.05, 0) is 79.1 Å². The monoisotopic (exact) mass is 625 g/mol. The number of carbonyl (C=O) groups is 3. The number of hydrogen-bond acceptors (Lipinski definition) is 6. The standard InChI is InChI=1S/C37H43N3O6/c1-5-24-18-22(3)19-25(6-2)34(24)38-31(41)21-39-20-29(28-13-14-30-36(23(28)4)46-17-16-45-30)33(37(43)44)35(39)26-9-11-27(12-10-26)40-15-7-8-32(40)42/h9-14,18-19,29,33,35H,5-8,15-17,20-21H2,1-4H3,(H,38,41)(H,43,44)/t29-,33?,35+/m1/s1. The Morgan fingerprint density at radius 3 is 2.30 bits per heavy atom. The van der Waals surface area contributed by atoms with E-state index in [1.165, 1.54) is 0 Å². The van der Waals surface area contributed by atoms with Crippen molar-refractivity contribution in [1.29, 1.82) is 0 Å². The van der Waals surface area contributed by atoms with E-state index in [1.54, 1.807) is 4.90 Å². The van der Waals surface area contributed by atoms with E-state index in [1.807, 2.05) is 48.2 Å². The number of fused-ring (bicyclic) bond motifs is 1. The topological polar surface area (TPSA) is 108 Å². The number of rotatable bonds is 9. The van der Waals surface area contributed by atoms with Crippen molar-refractivity contribution in [3.8, 4) is 11.5 Å². The molecular formula is C37H43N3O6. The number of aryl methyl sites for hydroxylation is 3. The molecule has 3 aliphatic heterocycles. The van der Waals surface area contributed by atoms with Crippen LogP contribution in [0.5, 0.6) is 11.5 Å². The van der Waals surface area contributed by atoms with E-state index in [-0.39, 0.29) is 18.4 Å². The summed E-state index contributed by atoms with van der Waals surface area (Å²) in [6.07, 6.45) is 2.93. The van der Waals surface area contributed by atoms with E-state index in [4.69, 9.17) is 9.47 Å². The minimum absolute atomic E-state index is 0.0289. The fraction of sp³-hybridized carbons (Fsp3) is 0.432. The van der Waals surface area contributed by atoms with Crippen molar-refractivity contribution in [3.63, 3.8) is 0 Å². The highest BCUT2D eigenvalue weighted by Crippen LogP contribution is 2.49. The normalized spacial score (nSPS) is 21.1. The second-order valence-electron chi connectivity index (χ2n) is 12.6. The molecule has 9 nitrogen and oxygen atoms in total. The maximum absolute atomic E-state index is 13.8. The lowest BCUT2D eigenvalue weighted by Crippen LogP contribution is -2.35. The van der Waals surface area contributed by atoms with Crippen LogP contribution in [0.15, 0.2) is 48.5 Å². The van der Waals surface area contributed by atoms with E-state index in [9.17, 15) is 19.5 Å². The summed E-state index contributed by atoms with van der Waals surface area (Å²) in [5.74, 6) is -0.925. The molecule has 0 aliphatic carbocycles. The highest BCUT2D eigenvalue weighted by Gasteiger charge is 2.48. The highest BCUT2D eigenvalue weighted by molar-refractivity contribution is 5.95. The van der Waals surface area contributed by atoms with Gasteiger partial charge in [0.2, 0.25) is 11.8 Å². The van der Waals surface area contributed by atoms with Crippen molar-refractivity contribution in [1.82, 2.24) is 4.90 Å². The maximum atomic E-state index is 13.8. The molecule has 6 rings (SSSR count). The first-order chi connectivity index (χ1) is 22.2. The number of likely N-dealkylation sites (tertiary alicyclic amines) is 1. The number of nitrogens with one attached hydrogen (secondary N) is 1. The van der Waals surface area contributed by atoms with Gasteiger partial charge >= 0.3 is 5.97 Å². The molecule has 242 valence electrons. The minimum atomic E-state index is -0.925. The largest absolute Gasteiger partial charge is 0.486 e. The van der Waals surface area contributed by atoms with Crippen LogP contribution >= 0.6 is 0 Å². The zero-order valence-electron chi connectivity index (χ0n) is 27.1. The number of carboxylic acids is 1. The molecule has 1 unspecified atom stereocenters. The fourth-order valence-electron chi connectivity index (χ4n) is 7.58. The number of anilines is 2. The van der Waals surface area contributed by atoms with Crippen LogP contribution in [0.3, 0.4) is 0 Å². The minimum Gasteiger partial charge on any atom is -0.486 e. The summed E-state index contributed by atoms with van der Waals surface area (Å²) in [6.45, 7) is 10.2. The molecule has 46 heavy (non-hydrogen) atoms. The zero-order valence-corrected chi connectivity index (χ0v) is 27.1. The van der Waals surface area contributed by atoms with Crippen molar-refractivity contribution in [2.24, 2.45) is 5.92 Å². The summed E-state index contributed by atoms with van der Waals surface area (Å²) >= 11 is 0. The number of carboxylic acid groups (broad SMARTS) is 1. The molecule has 0 saturated carbocycles. The number of amides is 2. The third-order valence-corrected chi connectivity index (χ3v) is 9.72. The molecule has 3 aromatic carbocycles. The molecule has 0 bridgehead atoms. The van der Waals surface area contributed by atoms with Crippen LogP contribution in [0.25, 0.3) is 0 Å².